The Balaban J connectivity index is 1.56. The maximum Gasteiger partial charge on any atom is 0.416 e. The third kappa shape index (κ3) is 9.30. The number of pyridine rings is 1. The van der Waals surface area contributed by atoms with Crippen LogP contribution >= 0.6 is 15.9 Å². The van der Waals surface area contributed by atoms with E-state index in [0.29, 0.717) is 35.2 Å². The molecule has 0 bridgehead atoms. The van der Waals surface area contributed by atoms with Crippen LogP contribution in [0.5, 0.6) is 5.75 Å². The van der Waals surface area contributed by atoms with E-state index < -0.39 is 57.0 Å². The highest BCUT2D eigenvalue weighted by Gasteiger charge is 2.33. The molecule has 2 aromatic carbocycles. The highest BCUT2D eigenvalue weighted by atomic mass is 79.9. The monoisotopic (exact) mass is 731 g/mol. The van der Waals surface area contributed by atoms with Crippen LogP contribution in [0.25, 0.3) is 0 Å². The van der Waals surface area contributed by atoms with Gasteiger partial charge in [-0.15, -0.1) is 0 Å². The van der Waals surface area contributed by atoms with Gasteiger partial charge in [0.05, 0.1) is 29.0 Å². The molecule has 2 atom stereocenters. The zero-order chi connectivity index (χ0) is 33.5. The minimum absolute atomic E-state index is 0.00223. The molecule has 0 spiro atoms. The van der Waals surface area contributed by atoms with Gasteiger partial charge >= 0.3 is 6.18 Å². The predicted octanol–water partition coefficient (Wildman–Crippen LogP) is 4.69. The Labute approximate surface area is 272 Å². The Morgan fingerprint density at radius 3 is 2.61 bits per heavy atom. The average Bonchev–Trinajstić information content (AvgIpc) is 2.99. The lowest BCUT2D eigenvalue weighted by atomic mass is 10.1. The molecule has 1 amide bonds. The topological polar surface area (TPSA) is 133 Å². The normalized spacial score (nSPS) is 16.0. The van der Waals surface area contributed by atoms with Crippen LogP contribution in [-0.2, 0) is 22.7 Å². The molecule has 0 radical (unpaired) electrons. The fraction of sp³-hybridized carbons (Fsp3) is 0.400. The number of aromatic nitrogens is 1. The largest absolute Gasteiger partial charge is 0.491 e. The minimum atomic E-state index is -4.51. The van der Waals surface area contributed by atoms with Crippen molar-refractivity contribution in [3.05, 3.63) is 81.6 Å². The summed E-state index contributed by atoms with van der Waals surface area (Å²) in [6.45, 7) is 1.64. The number of alkyl halides is 3. The first kappa shape index (κ1) is 35.4. The summed E-state index contributed by atoms with van der Waals surface area (Å²) in [6, 6.07) is 11.5. The smallest absolute Gasteiger partial charge is 0.416 e. The number of hydrogen-bond acceptors (Lipinski definition) is 8. The molecule has 0 aliphatic carbocycles. The van der Waals surface area contributed by atoms with E-state index in [4.69, 9.17) is 4.74 Å². The molecule has 1 saturated heterocycles. The standard InChI is InChI=1S/C30H34BrF4N5O5S/c1-2-37-26-15-23(27(32)28(39-26)40-11-3-4-12-46(40,43)44)29(42)38-24(18-45-22-10-6-9-21(31)14-22)25(41)17-36-16-19-7-5-8-20(13-19)30(33,34)35/h5-10,13-15,24-25,36,41H,2-4,11-12,16-18H2,1H3,(H,37,39)(H,38,42)/t24-,25+/m0/s1. The van der Waals surface area contributed by atoms with Gasteiger partial charge in [0.2, 0.25) is 10.0 Å². The van der Waals surface area contributed by atoms with Gasteiger partial charge in [-0.3, -0.25) is 9.10 Å². The summed E-state index contributed by atoms with van der Waals surface area (Å²) in [5.74, 6) is -2.32. The van der Waals surface area contributed by atoms with Crippen LogP contribution in [-0.4, -0.2) is 68.6 Å². The number of carbonyl (C=O) groups is 1. The van der Waals surface area contributed by atoms with Crippen LogP contribution in [0.2, 0.25) is 0 Å². The summed E-state index contributed by atoms with van der Waals surface area (Å²) in [7, 11) is -3.86. The summed E-state index contributed by atoms with van der Waals surface area (Å²) in [6.07, 6.45) is -4.95. The Morgan fingerprint density at radius 2 is 1.91 bits per heavy atom. The third-order valence-corrected chi connectivity index (χ3v) is 9.40. The van der Waals surface area contributed by atoms with Crippen LogP contribution in [0.3, 0.4) is 0 Å². The van der Waals surface area contributed by atoms with Crippen LogP contribution in [0.1, 0.15) is 41.3 Å². The highest BCUT2D eigenvalue weighted by Crippen LogP contribution is 2.30. The number of halogens is 5. The Hall–Kier alpha value is -3.47. The van der Waals surface area contributed by atoms with Crippen molar-refractivity contribution in [1.29, 1.82) is 0 Å². The van der Waals surface area contributed by atoms with Crippen molar-refractivity contribution < 1.29 is 40.6 Å². The third-order valence-electron chi connectivity index (χ3n) is 7.07. The lowest BCUT2D eigenvalue weighted by Crippen LogP contribution is -2.50. The predicted molar refractivity (Wildman–Crippen MR) is 169 cm³/mol. The number of benzene rings is 2. The number of anilines is 2. The van der Waals surface area contributed by atoms with Crippen LogP contribution in [0.15, 0.2) is 59.1 Å². The van der Waals surface area contributed by atoms with E-state index in [-0.39, 0.29) is 37.8 Å². The van der Waals surface area contributed by atoms with Crippen molar-refractivity contribution in [2.45, 2.75) is 44.6 Å². The zero-order valence-electron chi connectivity index (χ0n) is 24.8. The van der Waals surface area contributed by atoms with Gasteiger partial charge in [-0.1, -0.05) is 40.2 Å². The van der Waals surface area contributed by atoms with E-state index in [9.17, 15) is 31.5 Å². The number of hydrogen-bond donors (Lipinski definition) is 4. The number of rotatable bonds is 13. The second-order valence-electron chi connectivity index (χ2n) is 10.6. The van der Waals surface area contributed by atoms with Gasteiger partial charge in [-0.25, -0.2) is 17.8 Å². The molecule has 4 rings (SSSR count). The molecule has 4 N–H and O–H groups in total. The van der Waals surface area contributed by atoms with Gasteiger partial charge in [-0.2, -0.15) is 13.2 Å². The summed E-state index contributed by atoms with van der Waals surface area (Å²) in [4.78, 5) is 17.7. The first-order chi connectivity index (χ1) is 21.8. The molecule has 1 fully saturated rings. The van der Waals surface area contributed by atoms with Gasteiger partial charge in [0.1, 0.15) is 18.2 Å². The first-order valence-electron chi connectivity index (χ1n) is 14.5. The molecule has 1 aliphatic rings. The van der Waals surface area contributed by atoms with Crippen molar-refractivity contribution in [2.75, 3.05) is 41.6 Å². The van der Waals surface area contributed by atoms with E-state index in [1.807, 2.05) is 0 Å². The van der Waals surface area contributed by atoms with E-state index in [2.05, 4.69) is 36.9 Å². The van der Waals surface area contributed by atoms with E-state index in [0.717, 1.165) is 22.5 Å². The molecule has 250 valence electrons. The fourth-order valence-corrected chi connectivity index (χ4v) is 6.71. The average molecular weight is 733 g/mol. The molecule has 16 heteroatoms. The zero-order valence-corrected chi connectivity index (χ0v) is 27.2. The summed E-state index contributed by atoms with van der Waals surface area (Å²) in [5, 5.41) is 19.4. The van der Waals surface area contributed by atoms with E-state index >= 15 is 4.39 Å². The molecule has 10 nitrogen and oxygen atoms in total. The second kappa shape index (κ2) is 15.4. The fourth-order valence-electron chi connectivity index (χ4n) is 4.75. The molecule has 2 heterocycles. The Morgan fingerprint density at radius 1 is 1.15 bits per heavy atom. The summed E-state index contributed by atoms with van der Waals surface area (Å²) >= 11 is 3.34. The molecular formula is C30H34BrF4N5O5S. The molecule has 0 unspecified atom stereocenters. The summed E-state index contributed by atoms with van der Waals surface area (Å²) < 4.78 is 88.1. The maximum atomic E-state index is 15.9. The number of carbonyl (C=O) groups excluding carboxylic acids is 1. The van der Waals surface area contributed by atoms with Gasteiger partial charge in [0, 0.05) is 30.7 Å². The van der Waals surface area contributed by atoms with E-state index in [1.165, 1.54) is 12.1 Å². The van der Waals surface area contributed by atoms with Gasteiger partial charge in [-0.05, 0) is 55.7 Å². The van der Waals surface area contributed by atoms with Crippen molar-refractivity contribution >= 4 is 43.5 Å². The van der Waals surface area contributed by atoms with Gasteiger partial charge in [0.15, 0.2) is 11.6 Å². The number of aliphatic hydroxyl groups is 1. The number of sulfonamides is 1. The number of nitrogens with zero attached hydrogens (tertiary/aromatic N) is 2. The lowest BCUT2D eigenvalue weighted by Gasteiger charge is -2.29. The SMILES string of the molecule is CCNc1cc(C(=O)N[C@@H](COc2cccc(Br)c2)[C@H](O)CNCc2cccc(C(F)(F)F)c2)c(F)c(N2CCCCS2(=O)=O)n1. The number of ether oxygens (including phenoxy) is 1. The number of aliphatic hydroxyl groups excluding tert-OH is 1. The molecular weight excluding hydrogens is 698 g/mol. The second-order valence-corrected chi connectivity index (χ2v) is 13.5. The maximum absolute atomic E-state index is 15.9. The van der Waals surface area contributed by atoms with Gasteiger partial charge in [0.25, 0.3) is 5.91 Å². The molecule has 1 aromatic heterocycles. The lowest BCUT2D eigenvalue weighted by molar-refractivity contribution is -0.137. The minimum Gasteiger partial charge on any atom is -0.491 e. The number of amides is 1. The molecule has 46 heavy (non-hydrogen) atoms. The van der Waals surface area contributed by atoms with Crippen molar-refractivity contribution in [3.63, 3.8) is 0 Å². The quantitative estimate of drug-likeness (QED) is 0.186. The van der Waals surface area contributed by atoms with Crippen LogP contribution in [0, 0.1) is 5.82 Å². The van der Waals surface area contributed by atoms with Crippen molar-refractivity contribution in [2.24, 2.45) is 0 Å². The number of nitrogens with one attached hydrogen (secondary N) is 3. The molecule has 0 saturated carbocycles. The van der Waals surface area contributed by atoms with Crippen LogP contribution in [0.4, 0.5) is 29.2 Å². The van der Waals surface area contributed by atoms with Gasteiger partial charge < -0.3 is 25.8 Å². The Kier molecular flexibility index (Phi) is 11.9. The van der Waals surface area contributed by atoms with Crippen LogP contribution < -0.4 is 25.0 Å². The molecule has 1 aliphatic heterocycles. The molecule has 3 aromatic rings. The first-order valence-corrected chi connectivity index (χ1v) is 16.9. The highest BCUT2D eigenvalue weighted by molar-refractivity contribution is 9.10. The summed E-state index contributed by atoms with van der Waals surface area (Å²) in [5.41, 5.74) is -0.991. The van der Waals surface area contributed by atoms with Crippen molar-refractivity contribution in [1.82, 2.24) is 15.6 Å². The Bertz CT molecular complexity index is 1630. The van der Waals surface area contributed by atoms with E-state index in [1.54, 1.807) is 31.2 Å². The van der Waals surface area contributed by atoms with Crippen molar-refractivity contribution in [3.8, 4) is 5.75 Å².